The molecule has 6 heterocycles. The Morgan fingerprint density at radius 1 is 0.617 bits per heavy atom. The molecule has 4 saturated heterocycles. The zero-order valence-corrected chi connectivity index (χ0v) is 45.8. The smallest absolute Gasteiger partial charge is 0.405 e. The van der Waals surface area contributed by atoms with Crippen molar-refractivity contribution in [2.45, 2.75) is 152 Å². The molecular formula is C61H70F4N10O6. The maximum Gasteiger partial charge on any atom is 0.405 e. The third kappa shape index (κ3) is 9.97. The topological polar surface area (TPSA) is 209 Å². The van der Waals surface area contributed by atoms with Crippen molar-refractivity contribution in [3.05, 3.63) is 118 Å². The summed E-state index contributed by atoms with van der Waals surface area (Å²) < 4.78 is 79.2. The summed E-state index contributed by atoms with van der Waals surface area (Å²) in [6.45, 7) is 5.54. The van der Waals surface area contributed by atoms with Gasteiger partial charge in [-0.15, -0.1) is 0 Å². The van der Waals surface area contributed by atoms with E-state index in [1.54, 1.807) is 31.7 Å². The molecule has 6 aromatic rings. The van der Waals surface area contributed by atoms with E-state index in [2.05, 4.69) is 22.1 Å². The minimum atomic E-state index is -1.06. The molecule has 0 radical (unpaired) electrons. The fourth-order valence-corrected chi connectivity index (χ4v) is 14.9. The van der Waals surface area contributed by atoms with Gasteiger partial charge in [0.15, 0.2) is 23.8 Å². The molecule has 1 unspecified atom stereocenters. The SMILES string of the molecule is CC1CCN(C(=O)[C@@H](OC(N)=O)C2CCCC2)[C@]1(C)c1nc2cc(F)c([C@H]3CC[C@H](c4cc5[nH]c([C@@H]6CCCN6C(=O)[C@@H](OC(N)=O)C6CCCC6)nc5cc4F)N3c3cc(F)c(N4CCC(c5ccccc5)CC4)c(F)c3)cc2[nH]1. The lowest BCUT2D eigenvalue weighted by atomic mass is 9.86. The number of likely N-dealkylation sites (tertiary alicyclic amines) is 2. The van der Waals surface area contributed by atoms with Gasteiger partial charge in [0.25, 0.3) is 11.8 Å². The normalized spacial score (nSPS) is 24.7. The Morgan fingerprint density at radius 2 is 1.17 bits per heavy atom. The number of imidazole rings is 2. The Balaban J connectivity index is 0.892. The quantitative estimate of drug-likeness (QED) is 0.0804. The summed E-state index contributed by atoms with van der Waals surface area (Å²) in [4.78, 5) is 76.2. The predicted molar refractivity (Wildman–Crippen MR) is 296 cm³/mol. The lowest BCUT2D eigenvalue weighted by Gasteiger charge is -2.39. The first kappa shape index (κ1) is 54.2. The number of carbonyl (C=O) groups is 4. The van der Waals surface area contributed by atoms with Gasteiger partial charge in [0.2, 0.25) is 0 Å². The van der Waals surface area contributed by atoms with Crippen LogP contribution in [0.15, 0.2) is 66.7 Å². The molecule has 81 heavy (non-hydrogen) atoms. The van der Waals surface area contributed by atoms with Crippen LogP contribution in [0.25, 0.3) is 22.1 Å². The third-order valence-corrected chi connectivity index (χ3v) is 19.2. The van der Waals surface area contributed by atoms with Crippen LogP contribution in [-0.4, -0.2) is 92.1 Å². The number of nitrogens with zero attached hydrogens (tertiary/aromatic N) is 6. The second kappa shape index (κ2) is 21.8. The Morgan fingerprint density at radius 3 is 1.75 bits per heavy atom. The van der Waals surface area contributed by atoms with Crippen LogP contribution >= 0.6 is 0 Å². The number of anilines is 2. The molecule has 7 atom stereocenters. The van der Waals surface area contributed by atoms with Crippen LogP contribution in [-0.2, 0) is 24.6 Å². The first-order valence-corrected chi connectivity index (χ1v) is 29.1. The number of primary amides is 2. The molecule has 0 spiro atoms. The Kier molecular flexibility index (Phi) is 14.6. The number of hydrogen-bond donors (Lipinski definition) is 4. The lowest BCUT2D eigenvalue weighted by Crippen LogP contribution is -2.52. The van der Waals surface area contributed by atoms with Crippen LogP contribution in [0, 0.1) is 41.0 Å². The standard InChI is InChI=1S/C61H70F4N10O6/c1-33-20-26-74(57(77)54(81-60(67)79)37-15-8-9-16-37)61(33,2)58-70-46-30-40(42(63)32-48(46)71-58)50-19-18-49(75(50)38-27-43(64)52(44(65)28-38)72-24-21-35(22-25-72)34-11-4-3-5-12-34)39-29-45-47(31-41(39)62)69-55(68-45)51-17-10-23-73(51)56(76)53(80-59(66)78)36-13-6-7-14-36/h3-5,11-12,27-33,35-37,49-51,53-54H,6-10,13-26H2,1-2H3,(H2,66,78)(H2,67,79)(H,68,69)(H,70,71)/t33?,49-,50-,51+,53+,54+,61+/m1/s1. The summed E-state index contributed by atoms with van der Waals surface area (Å²) in [5.41, 5.74) is 13.0. The minimum absolute atomic E-state index is 0.0987. The van der Waals surface area contributed by atoms with E-state index in [0.717, 1.165) is 51.4 Å². The number of fused-ring (bicyclic) bond motifs is 2. The van der Waals surface area contributed by atoms with Gasteiger partial charge in [-0.25, -0.2) is 37.1 Å². The van der Waals surface area contributed by atoms with Crippen LogP contribution in [0.1, 0.15) is 163 Å². The van der Waals surface area contributed by atoms with E-state index in [1.165, 1.54) is 29.8 Å². The maximum absolute atomic E-state index is 17.2. The van der Waals surface area contributed by atoms with Gasteiger partial charge >= 0.3 is 12.2 Å². The van der Waals surface area contributed by atoms with Crippen molar-refractivity contribution < 1.29 is 46.2 Å². The van der Waals surface area contributed by atoms with Gasteiger partial charge in [-0.3, -0.25) is 9.59 Å². The number of nitrogens with one attached hydrogen (secondary N) is 2. The fourth-order valence-electron chi connectivity index (χ4n) is 14.9. The highest BCUT2D eigenvalue weighted by Crippen LogP contribution is 2.51. The van der Waals surface area contributed by atoms with Crippen molar-refractivity contribution in [2.24, 2.45) is 29.2 Å². The Hall–Kier alpha value is -7.38. The van der Waals surface area contributed by atoms with E-state index < -0.39 is 71.3 Å². The van der Waals surface area contributed by atoms with E-state index in [-0.39, 0.29) is 70.8 Å². The van der Waals surface area contributed by atoms with Crippen LogP contribution < -0.4 is 21.3 Å². The van der Waals surface area contributed by atoms with E-state index in [0.29, 0.717) is 92.0 Å². The summed E-state index contributed by atoms with van der Waals surface area (Å²) in [7, 11) is 0. The van der Waals surface area contributed by atoms with Crippen molar-refractivity contribution in [3.8, 4) is 0 Å². The molecule has 16 nitrogen and oxygen atoms in total. The summed E-state index contributed by atoms with van der Waals surface area (Å²) >= 11 is 0. The van der Waals surface area contributed by atoms with Crippen LogP contribution in [0.3, 0.4) is 0 Å². The molecule has 12 rings (SSSR count). The minimum Gasteiger partial charge on any atom is -0.436 e. The molecule has 6 aliphatic rings. The molecule has 4 aromatic carbocycles. The summed E-state index contributed by atoms with van der Waals surface area (Å²) in [5.74, 6) is -2.92. The van der Waals surface area contributed by atoms with Gasteiger partial charge in [-0.1, -0.05) is 62.9 Å². The number of rotatable bonds is 13. The molecule has 2 aliphatic carbocycles. The number of nitrogens with two attached hydrogens (primary N) is 2. The summed E-state index contributed by atoms with van der Waals surface area (Å²) in [5, 5.41) is 0. The van der Waals surface area contributed by atoms with E-state index in [4.69, 9.17) is 30.9 Å². The number of ether oxygens (including phenoxy) is 2. The zero-order chi connectivity index (χ0) is 56.4. The number of halogens is 4. The number of amides is 4. The van der Waals surface area contributed by atoms with Crippen molar-refractivity contribution >= 4 is 57.4 Å². The molecule has 20 heteroatoms. The van der Waals surface area contributed by atoms with Crippen LogP contribution in [0.5, 0.6) is 0 Å². The van der Waals surface area contributed by atoms with Gasteiger partial charge in [0.05, 0.1) is 40.2 Å². The molecule has 4 aliphatic heterocycles. The first-order valence-electron chi connectivity index (χ1n) is 29.1. The van der Waals surface area contributed by atoms with Gasteiger partial charge in [0.1, 0.15) is 34.5 Å². The second-order valence-electron chi connectivity index (χ2n) is 23.8. The third-order valence-electron chi connectivity index (χ3n) is 19.2. The predicted octanol–water partition coefficient (Wildman–Crippen LogP) is 11.5. The highest BCUT2D eigenvalue weighted by molar-refractivity contribution is 5.86. The molecular weight excluding hydrogens is 1040 g/mol. The van der Waals surface area contributed by atoms with Gasteiger partial charge in [-0.2, -0.15) is 0 Å². The van der Waals surface area contributed by atoms with E-state index in [1.807, 2.05) is 32.0 Å². The van der Waals surface area contributed by atoms with E-state index in [9.17, 15) is 19.2 Å². The van der Waals surface area contributed by atoms with Crippen molar-refractivity contribution in [1.82, 2.24) is 29.7 Å². The summed E-state index contributed by atoms with van der Waals surface area (Å²) in [6, 6.07) is 16.3. The highest BCUT2D eigenvalue weighted by Gasteiger charge is 2.52. The fraction of sp³-hybridized carbons (Fsp3) is 0.508. The Labute approximate surface area is 467 Å². The molecule has 4 amide bonds. The molecule has 2 saturated carbocycles. The monoisotopic (exact) mass is 1110 g/mol. The molecule has 6 fully saturated rings. The zero-order valence-electron chi connectivity index (χ0n) is 45.8. The molecule has 2 aromatic heterocycles. The first-order chi connectivity index (χ1) is 39.0. The number of aromatic nitrogens is 4. The number of aromatic amines is 2. The largest absolute Gasteiger partial charge is 0.436 e. The average molecular weight is 1120 g/mol. The molecule has 0 bridgehead atoms. The number of piperidine rings is 1. The van der Waals surface area contributed by atoms with Crippen LogP contribution in [0.2, 0.25) is 0 Å². The highest BCUT2D eigenvalue weighted by atomic mass is 19.1. The maximum atomic E-state index is 17.2. The average Bonchev–Trinajstić information content (AvgIpc) is 4.47. The molecule has 428 valence electrons. The van der Waals surface area contributed by atoms with Crippen molar-refractivity contribution in [2.75, 3.05) is 36.0 Å². The molecule has 6 N–H and O–H groups in total. The number of hydrogen-bond acceptors (Lipinski definition) is 10. The van der Waals surface area contributed by atoms with Crippen molar-refractivity contribution in [3.63, 3.8) is 0 Å². The van der Waals surface area contributed by atoms with E-state index >= 15 is 17.6 Å². The number of benzene rings is 4. The number of H-pyrrole nitrogens is 2. The van der Waals surface area contributed by atoms with Gasteiger partial charge < -0.3 is 50.5 Å². The Bertz CT molecular complexity index is 3350. The van der Waals surface area contributed by atoms with Gasteiger partial charge in [-0.05, 0) is 119 Å². The lowest BCUT2D eigenvalue weighted by molar-refractivity contribution is -0.148. The van der Waals surface area contributed by atoms with Crippen LogP contribution in [0.4, 0.5) is 38.5 Å². The second-order valence-corrected chi connectivity index (χ2v) is 23.8. The number of carbonyl (C=O) groups excluding carboxylic acids is 4. The van der Waals surface area contributed by atoms with Gasteiger partial charge in [0, 0.05) is 67.0 Å². The van der Waals surface area contributed by atoms with Crippen molar-refractivity contribution in [1.29, 1.82) is 0 Å². The summed E-state index contributed by atoms with van der Waals surface area (Å²) in [6.07, 6.45) is 6.18.